The van der Waals surface area contributed by atoms with Crippen LogP contribution in [0.15, 0.2) is 34.0 Å². The van der Waals surface area contributed by atoms with Crippen LogP contribution in [0.3, 0.4) is 0 Å². The van der Waals surface area contributed by atoms with Crippen molar-refractivity contribution in [2.24, 2.45) is 30.2 Å². The Morgan fingerprint density at radius 3 is 2.43 bits per heavy atom. The Bertz CT molecular complexity index is 1100. The minimum atomic E-state index is -0.579. The van der Waals surface area contributed by atoms with Crippen molar-refractivity contribution in [3.8, 4) is 5.69 Å². The van der Waals surface area contributed by atoms with E-state index in [1.807, 2.05) is 0 Å². The van der Waals surface area contributed by atoms with Gasteiger partial charge in [0.25, 0.3) is 11.5 Å². The van der Waals surface area contributed by atoms with Gasteiger partial charge < -0.3 is 5.32 Å². The third-order valence-electron chi connectivity index (χ3n) is 7.27. The highest BCUT2D eigenvalue weighted by Gasteiger charge is 2.50. The smallest absolute Gasteiger partial charge is 0.351 e. The fourth-order valence-electron chi connectivity index (χ4n) is 6.42. The first-order valence-corrected chi connectivity index (χ1v) is 10.9. The molecule has 6 rings (SSSR count). The largest absolute Gasteiger partial charge is 0.351 e. The van der Waals surface area contributed by atoms with E-state index in [-0.39, 0.29) is 16.9 Å². The molecule has 1 heterocycles. The van der Waals surface area contributed by atoms with Crippen molar-refractivity contribution in [2.45, 2.75) is 38.5 Å². The number of hydrogen-bond donors (Lipinski definition) is 1. The number of nitrogens with zero attached hydrogens (tertiary/aromatic N) is 3. The highest BCUT2D eigenvalue weighted by molar-refractivity contribution is 6.33. The van der Waals surface area contributed by atoms with Crippen LogP contribution < -0.4 is 16.6 Å². The van der Waals surface area contributed by atoms with Crippen LogP contribution in [0.5, 0.6) is 0 Å². The normalized spacial score (nSPS) is 29.2. The lowest BCUT2D eigenvalue weighted by atomic mass is 9.49. The minimum absolute atomic E-state index is 0.215. The maximum absolute atomic E-state index is 13.0. The molecule has 0 saturated heterocycles. The predicted molar refractivity (Wildman–Crippen MR) is 113 cm³/mol. The van der Waals surface area contributed by atoms with Crippen LogP contribution in [0.1, 0.15) is 48.9 Å². The molecule has 30 heavy (non-hydrogen) atoms. The fraction of sp³-hybridized carbons (Fsp3) is 0.545. The molecule has 8 heteroatoms. The number of carbonyl (C=O) groups excluding carboxylic acids is 1. The number of carbonyl (C=O) groups is 1. The summed E-state index contributed by atoms with van der Waals surface area (Å²) in [6.45, 7) is 0.660. The molecule has 0 unspecified atom stereocenters. The van der Waals surface area contributed by atoms with Crippen LogP contribution in [0, 0.1) is 23.2 Å². The Morgan fingerprint density at radius 1 is 1.17 bits per heavy atom. The third-order valence-corrected chi connectivity index (χ3v) is 7.60. The number of nitrogens with one attached hydrogen (secondary N) is 1. The lowest BCUT2D eigenvalue weighted by molar-refractivity contribution is -0.0503. The molecule has 4 bridgehead atoms. The van der Waals surface area contributed by atoms with Gasteiger partial charge in [-0.05, 0) is 79.9 Å². The van der Waals surface area contributed by atoms with Gasteiger partial charge in [-0.25, -0.2) is 14.0 Å². The van der Waals surface area contributed by atoms with E-state index in [1.165, 1.54) is 51.6 Å². The van der Waals surface area contributed by atoms with E-state index in [4.69, 9.17) is 11.6 Å². The minimum Gasteiger partial charge on any atom is -0.351 e. The summed E-state index contributed by atoms with van der Waals surface area (Å²) >= 11 is 6.30. The second kappa shape index (κ2) is 7.08. The van der Waals surface area contributed by atoms with E-state index in [1.54, 1.807) is 12.1 Å². The highest BCUT2D eigenvalue weighted by Crippen LogP contribution is 2.59. The number of hydrogen-bond acceptors (Lipinski definition) is 4. The summed E-state index contributed by atoms with van der Waals surface area (Å²) in [5.41, 5.74) is -0.353. The van der Waals surface area contributed by atoms with Gasteiger partial charge in [0, 0.05) is 13.6 Å². The summed E-state index contributed by atoms with van der Waals surface area (Å²) < 4.78 is 2.06. The van der Waals surface area contributed by atoms with Crippen molar-refractivity contribution >= 4 is 17.5 Å². The molecule has 1 aromatic heterocycles. The molecule has 7 nitrogen and oxygen atoms in total. The van der Waals surface area contributed by atoms with Crippen LogP contribution in [-0.4, -0.2) is 26.8 Å². The van der Waals surface area contributed by atoms with E-state index in [0.717, 1.165) is 33.2 Å². The number of aryl methyl sites for hydroxylation is 1. The van der Waals surface area contributed by atoms with Gasteiger partial charge in [0.2, 0.25) is 0 Å². The molecule has 0 atom stereocenters. The maximum atomic E-state index is 13.0. The summed E-state index contributed by atoms with van der Waals surface area (Å²) in [7, 11) is 1.47. The van der Waals surface area contributed by atoms with Gasteiger partial charge in [-0.3, -0.25) is 9.59 Å². The monoisotopic (exact) mass is 428 g/mol. The Morgan fingerprint density at radius 2 is 1.80 bits per heavy atom. The van der Waals surface area contributed by atoms with E-state index < -0.39 is 11.2 Å². The zero-order valence-corrected chi connectivity index (χ0v) is 17.7. The molecule has 0 spiro atoms. The second-order valence-electron chi connectivity index (χ2n) is 9.49. The molecular weight excluding hydrogens is 404 g/mol. The van der Waals surface area contributed by atoms with E-state index in [2.05, 4.69) is 10.4 Å². The summed E-state index contributed by atoms with van der Waals surface area (Å²) in [4.78, 5) is 37.6. The summed E-state index contributed by atoms with van der Waals surface area (Å²) in [5, 5.41) is 7.13. The summed E-state index contributed by atoms with van der Waals surface area (Å²) in [6.07, 6.45) is 8.76. The quantitative estimate of drug-likeness (QED) is 0.810. The van der Waals surface area contributed by atoms with Gasteiger partial charge in [-0.2, -0.15) is 5.10 Å². The van der Waals surface area contributed by atoms with Gasteiger partial charge in [0.15, 0.2) is 0 Å². The van der Waals surface area contributed by atoms with Crippen molar-refractivity contribution in [2.75, 3.05) is 6.54 Å². The fourth-order valence-corrected chi connectivity index (χ4v) is 6.62. The van der Waals surface area contributed by atoms with Crippen molar-refractivity contribution in [1.29, 1.82) is 0 Å². The van der Waals surface area contributed by atoms with E-state index >= 15 is 0 Å². The SMILES string of the molecule is Cn1ncc(=O)n(-c2ccc(Cl)c(C(=O)NCC34CC5CC(CC(C5)C3)C4)c2)c1=O. The first kappa shape index (κ1) is 19.5. The lowest BCUT2D eigenvalue weighted by Gasteiger charge is -2.56. The molecule has 4 aliphatic carbocycles. The molecule has 2 aromatic rings. The number of aromatic nitrogens is 3. The lowest BCUT2D eigenvalue weighted by Crippen LogP contribution is -2.51. The molecule has 1 aromatic carbocycles. The highest BCUT2D eigenvalue weighted by atomic mass is 35.5. The molecule has 1 N–H and O–H groups in total. The average molecular weight is 429 g/mol. The van der Waals surface area contributed by atoms with Crippen molar-refractivity contribution in [3.63, 3.8) is 0 Å². The standard InChI is InChI=1S/C22H25ClN4O3/c1-26-21(30)27(19(28)11-25-26)16-2-3-18(23)17(7-16)20(29)24-12-22-8-13-4-14(9-22)6-15(5-13)10-22/h2-3,7,11,13-15H,4-6,8-10,12H2,1H3,(H,24,29). The molecule has 1 amide bonds. The molecule has 4 fully saturated rings. The second-order valence-corrected chi connectivity index (χ2v) is 9.90. The Kier molecular flexibility index (Phi) is 4.61. The van der Waals surface area contributed by atoms with E-state index in [0.29, 0.717) is 17.3 Å². The Balaban J connectivity index is 1.39. The average Bonchev–Trinajstić information content (AvgIpc) is 2.69. The number of benzene rings is 1. The number of rotatable bonds is 4. The van der Waals surface area contributed by atoms with Crippen LogP contribution in [0.25, 0.3) is 5.69 Å². The molecule has 0 aliphatic heterocycles. The molecule has 158 valence electrons. The zero-order chi connectivity index (χ0) is 21.0. The van der Waals surface area contributed by atoms with Gasteiger partial charge >= 0.3 is 5.69 Å². The zero-order valence-electron chi connectivity index (χ0n) is 16.9. The molecule has 4 aliphatic rings. The third kappa shape index (κ3) is 3.29. The molecular formula is C22H25ClN4O3. The van der Waals surface area contributed by atoms with Crippen LogP contribution in [-0.2, 0) is 7.05 Å². The van der Waals surface area contributed by atoms with Crippen LogP contribution in [0.4, 0.5) is 0 Å². The predicted octanol–water partition coefficient (Wildman–Crippen LogP) is 2.53. The number of amides is 1. The van der Waals surface area contributed by atoms with Crippen LogP contribution >= 0.6 is 11.6 Å². The maximum Gasteiger partial charge on any atom is 0.351 e. The Hall–Kier alpha value is -2.41. The van der Waals surface area contributed by atoms with Gasteiger partial charge in [0.1, 0.15) is 6.20 Å². The van der Waals surface area contributed by atoms with Gasteiger partial charge in [0.05, 0.1) is 16.3 Å². The topological polar surface area (TPSA) is 86.0 Å². The van der Waals surface area contributed by atoms with Crippen molar-refractivity contribution in [3.05, 3.63) is 55.8 Å². The van der Waals surface area contributed by atoms with Crippen molar-refractivity contribution in [1.82, 2.24) is 19.7 Å². The Labute approximate surface area is 179 Å². The van der Waals surface area contributed by atoms with Gasteiger partial charge in [-0.1, -0.05) is 11.6 Å². The molecule has 0 radical (unpaired) electrons. The van der Waals surface area contributed by atoms with E-state index in [9.17, 15) is 14.4 Å². The molecule has 4 saturated carbocycles. The van der Waals surface area contributed by atoms with Crippen LogP contribution in [0.2, 0.25) is 5.02 Å². The summed E-state index contributed by atoms with van der Waals surface area (Å²) in [5.74, 6) is 2.18. The summed E-state index contributed by atoms with van der Waals surface area (Å²) in [6, 6.07) is 4.60. The van der Waals surface area contributed by atoms with Gasteiger partial charge in [-0.15, -0.1) is 0 Å². The van der Waals surface area contributed by atoms with Crippen molar-refractivity contribution < 1.29 is 4.79 Å². The number of halogens is 1. The first-order valence-electron chi connectivity index (χ1n) is 10.6. The first-order chi connectivity index (χ1) is 14.3.